The lowest BCUT2D eigenvalue weighted by atomic mass is 9.96. The number of amides is 4. The predicted octanol–water partition coefficient (Wildman–Crippen LogP) is 2.56. The number of nitrogens with one attached hydrogen (secondary N) is 2. The van der Waals surface area contributed by atoms with Gasteiger partial charge in [0.2, 0.25) is 0 Å². The molecule has 2 aromatic rings. The van der Waals surface area contributed by atoms with Crippen molar-refractivity contribution in [1.29, 1.82) is 0 Å². The molecule has 2 N–H and O–H groups in total. The summed E-state index contributed by atoms with van der Waals surface area (Å²) in [7, 11) is 0. The number of imide groups is 1. The third-order valence-corrected chi connectivity index (χ3v) is 5.62. The minimum Gasteiger partial charge on any atom is -0.454 e. The van der Waals surface area contributed by atoms with Gasteiger partial charge in [0.15, 0.2) is 6.61 Å². The van der Waals surface area contributed by atoms with Gasteiger partial charge in [0.1, 0.15) is 12.1 Å². The molecule has 1 saturated heterocycles. The van der Waals surface area contributed by atoms with Crippen LogP contribution in [0.5, 0.6) is 0 Å². The highest BCUT2D eigenvalue weighted by molar-refractivity contribution is 6.09. The number of carbonyl (C=O) groups is 4. The molecular formula is C23H23N3O5. The second-order valence-electron chi connectivity index (χ2n) is 7.95. The van der Waals surface area contributed by atoms with Crippen LogP contribution in [0.1, 0.15) is 19.8 Å². The Morgan fingerprint density at radius 1 is 1.06 bits per heavy atom. The fraction of sp³-hybridized carbons (Fsp3) is 0.304. The lowest BCUT2D eigenvalue weighted by molar-refractivity contribution is -0.150. The quantitative estimate of drug-likeness (QED) is 0.528. The first-order valence-electron chi connectivity index (χ1n) is 10.1. The molecule has 2 aliphatic rings. The average molecular weight is 421 g/mol. The van der Waals surface area contributed by atoms with E-state index in [9.17, 15) is 19.2 Å². The van der Waals surface area contributed by atoms with Crippen molar-refractivity contribution in [1.82, 2.24) is 10.2 Å². The molecule has 1 saturated carbocycles. The Kier molecular flexibility index (Phi) is 5.46. The molecule has 8 heteroatoms. The normalized spacial score (nSPS) is 20.4. The lowest BCUT2D eigenvalue weighted by Gasteiger charge is -2.20. The Morgan fingerprint density at radius 2 is 1.71 bits per heavy atom. The van der Waals surface area contributed by atoms with E-state index in [0.717, 1.165) is 28.9 Å². The van der Waals surface area contributed by atoms with Crippen LogP contribution in [0.2, 0.25) is 0 Å². The molecule has 4 amide bonds. The smallest absolute Gasteiger partial charge is 0.326 e. The molecule has 31 heavy (non-hydrogen) atoms. The standard InChI is InChI=1S/C23H23N3O5/c1-23(17-9-10-17)21(29)26(22(30)25-23)13-20(28)31-14-19(27)24-18-11-7-16(8-12-18)15-5-3-2-4-6-15/h2-8,11-12,17H,9-10,13-14H2,1H3,(H,24,27)(H,25,30)/t23-/m0/s1. The topological polar surface area (TPSA) is 105 Å². The molecule has 1 heterocycles. The fourth-order valence-corrected chi connectivity index (χ4v) is 3.69. The largest absolute Gasteiger partial charge is 0.454 e. The van der Waals surface area contributed by atoms with E-state index < -0.39 is 42.5 Å². The van der Waals surface area contributed by atoms with Crippen molar-refractivity contribution in [3.05, 3.63) is 54.6 Å². The molecule has 0 bridgehead atoms. The first kappa shape index (κ1) is 20.6. The zero-order chi connectivity index (χ0) is 22.0. The van der Waals surface area contributed by atoms with Crippen molar-refractivity contribution in [2.45, 2.75) is 25.3 Å². The number of carbonyl (C=O) groups excluding carboxylic acids is 4. The molecular weight excluding hydrogens is 398 g/mol. The van der Waals surface area contributed by atoms with E-state index in [0.29, 0.717) is 5.69 Å². The summed E-state index contributed by atoms with van der Waals surface area (Å²) in [6.45, 7) is 0.640. The number of anilines is 1. The molecule has 1 aliphatic carbocycles. The monoisotopic (exact) mass is 421 g/mol. The number of ether oxygens (including phenoxy) is 1. The summed E-state index contributed by atoms with van der Waals surface area (Å²) in [5, 5.41) is 5.31. The van der Waals surface area contributed by atoms with Crippen molar-refractivity contribution < 1.29 is 23.9 Å². The minimum atomic E-state index is -0.958. The van der Waals surface area contributed by atoms with Crippen LogP contribution in [0.15, 0.2) is 54.6 Å². The Bertz CT molecular complexity index is 1020. The summed E-state index contributed by atoms with van der Waals surface area (Å²) in [5.41, 5.74) is 1.68. The van der Waals surface area contributed by atoms with E-state index in [1.807, 2.05) is 42.5 Å². The maximum Gasteiger partial charge on any atom is 0.326 e. The number of rotatable bonds is 7. The van der Waals surface area contributed by atoms with Crippen LogP contribution in [0.25, 0.3) is 11.1 Å². The van der Waals surface area contributed by atoms with Gasteiger partial charge in [-0.2, -0.15) is 0 Å². The second kappa shape index (κ2) is 8.22. The molecule has 1 atom stereocenters. The molecule has 0 unspecified atom stereocenters. The van der Waals surface area contributed by atoms with Gasteiger partial charge in [-0.25, -0.2) is 4.79 Å². The number of esters is 1. The SMILES string of the molecule is C[C@@]1(C2CC2)NC(=O)N(CC(=O)OCC(=O)Nc2ccc(-c3ccccc3)cc2)C1=O. The Morgan fingerprint density at radius 3 is 2.35 bits per heavy atom. The zero-order valence-electron chi connectivity index (χ0n) is 17.1. The fourth-order valence-electron chi connectivity index (χ4n) is 3.69. The van der Waals surface area contributed by atoms with Crippen LogP contribution < -0.4 is 10.6 Å². The average Bonchev–Trinajstić information content (AvgIpc) is 3.60. The highest BCUT2D eigenvalue weighted by Crippen LogP contribution is 2.42. The maximum absolute atomic E-state index is 12.5. The zero-order valence-corrected chi connectivity index (χ0v) is 17.1. The van der Waals surface area contributed by atoms with Gasteiger partial charge in [0.25, 0.3) is 11.8 Å². The van der Waals surface area contributed by atoms with Crippen LogP contribution in [-0.4, -0.2) is 47.4 Å². The van der Waals surface area contributed by atoms with Crippen LogP contribution in [-0.2, 0) is 19.1 Å². The lowest BCUT2D eigenvalue weighted by Crippen LogP contribution is -2.46. The number of nitrogens with zero attached hydrogens (tertiary/aromatic N) is 1. The Labute approximate surface area is 179 Å². The molecule has 0 aromatic heterocycles. The van der Waals surface area contributed by atoms with Gasteiger partial charge in [0.05, 0.1) is 0 Å². The number of benzene rings is 2. The maximum atomic E-state index is 12.5. The summed E-state index contributed by atoms with van der Waals surface area (Å²) in [6, 6.07) is 16.5. The van der Waals surface area contributed by atoms with Crippen molar-refractivity contribution >= 4 is 29.5 Å². The Hall–Kier alpha value is -3.68. The molecule has 2 aromatic carbocycles. The highest BCUT2D eigenvalue weighted by Gasteiger charge is 2.56. The molecule has 0 radical (unpaired) electrons. The number of hydrogen-bond donors (Lipinski definition) is 2. The summed E-state index contributed by atoms with van der Waals surface area (Å²) in [5.74, 6) is -1.66. The van der Waals surface area contributed by atoms with Gasteiger partial charge in [-0.05, 0) is 48.9 Å². The summed E-state index contributed by atoms with van der Waals surface area (Å²) >= 11 is 0. The first-order chi connectivity index (χ1) is 14.9. The molecule has 1 aliphatic heterocycles. The highest BCUT2D eigenvalue weighted by atomic mass is 16.5. The summed E-state index contributed by atoms with van der Waals surface area (Å²) < 4.78 is 4.95. The minimum absolute atomic E-state index is 0.101. The van der Waals surface area contributed by atoms with Crippen molar-refractivity contribution in [2.75, 3.05) is 18.5 Å². The van der Waals surface area contributed by atoms with Crippen molar-refractivity contribution in [2.24, 2.45) is 5.92 Å². The van der Waals surface area contributed by atoms with E-state index in [2.05, 4.69) is 10.6 Å². The molecule has 2 fully saturated rings. The van der Waals surface area contributed by atoms with Crippen LogP contribution >= 0.6 is 0 Å². The van der Waals surface area contributed by atoms with E-state index in [-0.39, 0.29) is 5.92 Å². The second-order valence-corrected chi connectivity index (χ2v) is 7.95. The summed E-state index contributed by atoms with van der Waals surface area (Å²) in [4.78, 5) is 49.6. The number of hydrogen-bond acceptors (Lipinski definition) is 5. The van der Waals surface area contributed by atoms with E-state index in [1.54, 1.807) is 19.1 Å². The number of urea groups is 1. The van der Waals surface area contributed by atoms with E-state index >= 15 is 0 Å². The van der Waals surface area contributed by atoms with Crippen LogP contribution in [0, 0.1) is 5.92 Å². The first-order valence-corrected chi connectivity index (χ1v) is 10.1. The predicted molar refractivity (Wildman–Crippen MR) is 113 cm³/mol. The van der Waals surface area contributed by atoms with Gasteiger partial charge in [0, 0.05) is 5.69 Å². The Balaban J connectivity index is 1.26. The third-order valence-electron chi connectivity index (χ3n) is 5.62. The van der Waals surface area contributed by atoms with Gasteiger partial charge >= 0.3 is 12.0 Å². The molecule has 4 rings (SSSR count). The molecule has 8 nitrogen and oxygen atoms in total. The van der Waals surface area contributed by atoms with Crippen LogP contribution in [0.3, 0.4) is 0 Å². The van der Waals surface area contributed by atoms with Gasteiger partial charge in [-0.3, -0.25) is 19.3 Å². The van der Waals surface area contributed by atoms with Crippen molar-refractivity contribution in [3.63, 3.8) is 0 Å². The third kappa shape index (κ3) is 4.42. The van der Waals surface area contributed by atoms with Gasteiger partial charge in [-0.15, -0.1) is 0 Å². The molecule has 160 valence electrons. The summed E-state index contributed by atoms with van der Waals surface area (Å²) in [6.07, 6.45) is 1.74. The van der Waals surface area contributed by atoms with E-state index in [1.165, 1.54) is 0 Å². The van der Waals surface area contributed by atoms with Gasteiger partial charge in [-0.1, -0.05) is 42.5 Å². The molecule has 0 spiro atoms. The van der Waals surface area contributed by atoms with Crippen molar-refractivity contribution in [3.8, 4) is 11.1 Å². The van der Waals surface area contributed by atoms with Crippen LogP contribution in [0.4, 0.5) is 10.5 Å². The van der Waals surface area contributed by atoms with Gasteiger partial charge < -0.3 is 15.4 Å². The van der Waals surface area contributed by atoms with E-state index in [4.69, 9.17) is 4.74 Å².